The minimum Gasteiger partial charge on any atom is -0.391 e. The average Bonchev–Trinajstić information content (AvgIpc) is 2.35. The molecule has 0 saturated carbocycles. The Hall–Kier alpha value is -0.170. The molecule has 0 saturated heterocycles. The molecule has 0 aromatic rings. The second-order valence-electron chi connectivity index (χ2n) is 4.67. The molecule has 0 fully saturated rings. The Bertz CT molecular complexity index is 302. The minimum atomic E-state index is -3.45. The third kappa shape index (κ3) is 6.13. The molecule has 0 spiro atoms. The molecule has 0 aliphatic carbocycles. The number of nitrogens with one attached hydrogen (secondary N) is 1. The van der Waals surface area contributed by atoms with E-state index in [0.29, 0.717) is 6.54 Å². The molecular weight excluding hydrogens is 252 g/mol. The third-order valence-corrected chi connectivity index (χ3v) is 4.84. The van der Waals surface area contributed by atoms with Gasteiger partial charge in [-0.15, -0.1) is 0 Å². The maximum absolute atomic E-state index is 11.8. The summed E-state index contributed by atoms with van der Waals surface area (Å²) in [5.41, 5.74) is 0. The molecule has 1 atom stereocenters. The highest BCUT2D eigenvalue weighted by atomic mass is 32.2. The van der Waals surface area contributed by atoms with Crippen LogP contribution in [0, 0.1) is 5.92 Å². The first-order chi connectivity index (χ1) is 8.38. The molecule has 0 aromatic heterocycles. The van der Waals surface area contributed by atoms with Crippen molar-refractivity contribution in [3.63, 3.8) is 0 Å². The predicted octanol–water partition coefficient (Wildman–Crippen LogP) is 1.35. The monoisotopic (exact) mass is 280 g/mol. The predicted molar refractivity (Wildman–Crippen MR) is 74.5 cm³/mol. The van der Waals surface area contributed by atoms with Gasteiger partial charge in [-0.25, -0.2) is 0 Å². The zero-order valence-corrected chi connectivity index (χ0v) is 12.8. The van der Waals surface area contributed by atoms with Gasteiger partial charge in [-0.3, -0.25) is 0 Å². The minimum absolute atomic E-state index is 0.0884. The second kappa shape index (κ2) is 8.85. The summed E-state index contributed by atoms with van der Waals surface area (Å²) in [6, 6.07) is 0. The number of hydrogen-bond acceptors (Lipinski definition) is 3. The van der Waals surface area contributed by atoms with E-state index in [1.54, 1.807) is 7.05 Å². The fourth-order valence-electron chi connectivity index (χ4n) is 1.80. The van der Waals surface area contributed by atoms with Crippen LogP contribution in [0.25, 0.3) is 0 Å². The normalized spacial score (nSPS) is 14.4. The number of aliphatic hydroxyl groups excluding tert-OH is 1. The van der Waals surface area contributed by atoms with Gasteiger partial charge in [0, 0.05) is 20.1 Å². The van der Waals surface area contributed by atoms with Gasteiger partial charge in [0.25, 0.3) is 10.2 Å². The lowest BCUT2D eigenvalue weighted by atomic mass is 9.97. The highest BCUT2D eigenvalue weighted by Crippen LogP contribution is 2.12. The van der Waals surface area contributed by atoms with E-state index in [9.17, 15) is 13.5 Å². The van der Waals surface area contributed by atoms with Crippen molar-refractivity contribution < 1.29 is 13.5 Å². The summed E-state index contributed by atoms with van der Waals surface area (Å²) < 4.78 is 27.5. The van der Waals surface area contributed by atoms with Crippen molar-refractivity contribution >= 4 is 10.2 Å². The molecule has 2 N–H and O–H groups in total. The van der Waals surface area contributed by atoms with Gasteiger partial charge in [0.15, 0.2) is 0 Å². The zero-order chi connectivity index (χ0) is 14.2. The van der Waals surface area contributed by atoms with Crippen molar-refractivity contribution in [2.45, 2.75) is 52.6 Å². The molecule has 0 aromatic carbocycles. The second-order valence-corrected chi connectivity index (χ2v) is 6.53. The summed E-state index contributed by atoms with van der Waals surface area (Å²) in [6.07, 6.45) is 2.88. The molecule has 110 valence electrons. The number of aliphatic hydroxyl groups is 1. The van der Waals surface area contributed by atoms with Gasteiger partial charge in [0.2, 0.25) is 0 Å². The molecule has 0 amide bonds. The fourth-order valence-corrected chi connectivity index (χ4v) is 2.77. The van der Waals surface area contributed by atoms with Crippen LogP contribution in [0.1, 0.15) is 46.5 Å². The Morgan fingerprint density at radius 1 is 1.22 bits per heavy atom. The van der Waals surface area contributed by atoms with Crippen LogP contribution in [0.3, 0.4) is 0 Å². The number of nitrogens with zero attached hydrogens (tertiary/aromatic N) is 1. The Labute approximate surface area is 112 Å². The standard InChI is InChI=1S/C12H28N2O3S/c1-5-8-9-14(4)18(16,17)13-10-12(15)11(6-2)7-3/h11-13,15H,5-10H2,1-4H3. The topological polar surface area (TPSA) is 69.6 Å². The van der Waals surface area contributed by atoms with Crippen molar-refractivity contribution in [1.29, 1.82) is 0 Å². The molecule has 0 radical (unpaired) electrons. The number of hydrogen-bond donors (Lipinski definition) is 2. The van der Waals surface area contributed by atoms with Crippen LogP contribution in [0.4, 0.5) is 0 Å². The molecule has 5 nitrogen and oxygen atoms in total. The maximum atomic E-state index is 11.8. The Morgan fingerprint density at radius 3 is 2.22 bits per heavy atom. The summed E-state index contributed by atoms with van der Waals surface area (Å²) in [6.45, 7) is 6.61. The lowest BCUT2D eigenvalue weighted by Crippen LogP contribution is -2.43. The van der Waals surface area contributed by atoms with Crippen LogP contribution in [0.15, 0.2) is 0 Å². The van der Waals surface area contributed by atoms with E-state index in [-0.39, 0.29) is 12.5 Å². The largest absolute Gasteiger partial charge is 0.391 e. The van der Waals surface area contributed by atoms with Crippen molar-refractivity contribution in [3.05, 3.63) is 0 Å². The zero-order valence-electron chi connectivity index (χ0n) is 12.0. The van der Waals surface area contributed by atoms with E-state index in [0.717, 1.165) is 25.7 Å². The van der Waals surface area contributed by atoms with Crippen molar-refractivity contribution in [2.24, 2.45) is 5.92 Å². The summed E-state index contributed by atoms with van der Waals surface area (Å²) in [5.74, 6) is 0.147. The van der Waals surface area contributed by atoms with Crippen LogP contribution in [-0.4, -0.2) is 44.1 Å². The van der Waals surface area contributed by atoms with Gasteiger partial charge in [0.05, 0.1) is 6.10 Å². The van der Waals surface area contributed by atoms with Gasteiger partial charge in [-0.2, -0.15) is 17.4 Å². The smallest absolute Gasteiger partial charge is 0.279 e. The highest BCUT2D eigenvalue weighted by Gasteiger charge is 2.21. The van der Waals surface area contributed by atoms with E-state index >= 15 is 0 Å². The van der Waals surface area contributed by atoms with Crippen LogP contribution in [-0.2, 0) is 10.2 Å². The highest BCUT2D eigenvalue weighted by molar-refractivity contribution is 7.87. The van der Waals surface area contributed by atoms with E-state index in [1.807, 2.05) is 20.8 Å². The number of unbranched alkanes of at least 4 members (excludes halogenated alkanes) is 1. The molecule has 0 bridgehead atoms. The summed E-state index contributed by atoms with van der Waals surface area (Å²) in [5, 5.41) is 9.88. The van der Waals surface area contributed by atoms with Gasteiger partial charge in [-0.1, -0.05) is 40.0 Å². The van der Waals surface area contributed by atoms with E-state index in [4.69, 9.17) is 0 Å². The molecule has 1 unspecified atom stereocenters. The molecule has 0 rings (SSSR count). The Balaban J connectivity index is 4.25. The van der Waals surface area contributed by atoms with Crippen LogP contribution in [0.2, 0.25) is 0 Å². The van der Waals surface area contributed by atoms with Crippen LogP contribution in [0.5, 0.6) is 0 Å². The molecule has 0 heterocycles. The first kappa shape index (κ1) is 17.8. The van der Waals surface area contributed by atoms with Crippen LogP contribution >= 0.6 is 0 Å². The summed E-state index contributed by atoms with van der Waals surface area (Å²) in [7, 11) is -1.90. The lowest BCUT2D eigenvalue weighted by Gasteiger charge is -2.22. The summed E-state index contributed by atoms with van der Waals surface area (Å²) >= 11 is 0. The van der Waals surface area contributed by atoms with Gasteiger partial charge >= 0.3 is 0 Å². The fraction of sp³-hybridized carbons (Fsp3) is 1.00. The molecule has 0 aliphatic rings. The summed E-state index contributed by atoms with van der Waals surface area (Å²) in [4.78, 5) is 0. The third-order valence-electron chi connectivity index (χ3n) is 3.30. The molecular formula is C12H28N2O3S. The van der Waals surface area contributed by atoms with Crippen molar-refractivity contribution in [3.8, 4) is 0 Å². The van der Waals surface area contributed by atoms with E-state index in [2.05, 4.69) is 4.72 Å². The van der Waals surface area contributed by atoms with Gasteiger partial charge in [0.1, 0.15) is 0 Å². The van der Waals surface area contributed by atoms with E-state index < -0.39 is 16.3 Å². The number of rotatable bonds is 10. The molecule has 6 heteroatoms. The van der Waals surface area contributed by atoms with Gasteiger partial charge in [-0.05, 0) is 12.3 Å². The SMILES string of the molecule is CCCCN(C)S(=O)(=O)NCC(O)C(CC)CC. The van der Waals surface area contributed by atoms with Gasteiger partial charge < -0.3 is 5.11 Å². The first-order valence-electron chi connectivity index (χ1n) is 6.77. The molecule has 0 aliphatic heterocycles. The quantitative estimate of drug-likeness (QED) is 0.634. The van der Waals surface area contributed by atoms with Crippen molar-refractivity contribution in [1.82, 2.24) is 9.03 Å². The Morgan fingerprint density at radius 2 is 1.78 bits per heavy atom. The maximum Gasteiger partial charge on any atom is 0.279 e. The van der Waals surface area contributed by atoms with E-state index in [1.165, 1.54) is 4.31 Å². The average molecular weight is 280 g/mol. The first-order valence-corrected chi connectivity index (χ1v) is 8.21. The van der Waals surface area contributed by atoms with Crippen LogP contribution < -0.4 is 4.72 Å². The molecule has 18 heavy (non-hydrogen) atoms. The Kier molecular flexibility index (Phi) is 8.77. The lowest BCUT2D eigenvalue weighted by molar-refractivity contribution is 0.106. The van der Waals surface area contributed by atoms with Crippen molar-refractivity contribution in [2.75, 3.05) is 20.1 Å².